The van der Waals surface area contributed by atoms with Crippen LogP contribution in [-0.2, 0) is 0 Å². The molecule has 0 saturated heterocycles. The second-order valence-corrected chi connectivity index (χ2v) is 8.53. The maximum atomic E-state index is 6.73. The summed E-state index contributed by atoms with van der Waals surface area (Å²) in [5, 5.41) is 4.73. The van der Waals surface area contributed by atoms with Crippen molar-refractivity contribution >= 4 is 39.3 Å². The van der Waals surface area contributed by atoms with Gasteiger partial charge in [-0.05, 0) is 51.4 Å². The van der Waals surface area contributed by atoms with Crippen molar-refractivity contribution in [1.82, 2.24) is 0 Å². The van der Waals surface area contributed by atoms with Crippen molar-refractivity contribution < 1.29 is 9.47 Å². The Morgan fingerprint density at radius 2 is 1.09 bits per heavy atom. The molecule has 2 heteroatoms. The molecule has 1 unspecified atom stereocenters. The lowest BCUT2D eigenvalue weighted by atomic mass is 9.88. The third-order valence-electron chi connectivity index (χ3n) is 6.60. The van der Waals surface area contributed by atoms with Crippen molar-refractivity contribution in [2.75, 3.05) is 0 Å². The van der Waals surface area contributed by atoms with Crippen LogP contribution in [0.4, 0.5) is 0 Å². The number of fused-ring (bicyclic) bond motifs is 6. The van der Waals surface area contributed by atoms with Crippen LogP contribution in [0.5, 0.6) is 11.5 Å². The van der Waals surface area contributed by atoms with Crippen molar-refractivity contribution in [1.29, 1.82) is 0 Å². The predicted octanol–water partition coefficient (Wildman–Crippen LogP) is 7.73. The molecular formula is C31H20O2. The van der Waals surface area contributed by atoms with Crippen LogP contribution in [0.1, 0.15) is 16.7 Å². The van der Waals surface area contributed by atoms with E-state index in [4.69, 9.17) is 9.47 Å². The Bertz CT molecular complexity index is 1610. The highest BCUT2D eigenvalue weighted by atomic mass is 16.7. The smallest absolute Gasteiger partial charge is 0.299 e. The van der Waals surface area contributed by atoms with E-state index >= 15 is 0 Å². The Morgan fingerprint density at radius 3 is 1.79 bits per heavy atom. The number of hydrogen-bond donors (Lipinski definition) is 0. The normalized spacial score (nSPS) is 18.4. The van der Waals surface area contributed by atoms with Gasteiger partial charge in [-0.3, -0.25) is 0 Å². The van der Waals surface area contributed by atoms with Gasteiger partial charge in [0.2, 0.25) is 0 Å². The highest BCUT2D eigenvalue weighted by molar-refractivity contribution is 6.02. The Morgan fingerprint density at radius 1 is 0.515 bits per heavy atom. The minimum Gasteiger partial charge on any atom is -0.444 e. The molecule has 1 atom stereocenters. The maximum Gasteiger partial charge on any atom is 0.299 e. The highest BCUT2D eigenvalue weighted by Gasteiger charge is 2.43. The summed E-state index contributed by atoms with van der Waals surface area (Å²) in [5.41, 5.74) is 4.23. The van der Waals surface area contributed by atoms with Gasteiger partial charge >= 0.3 is 0 Å². The zero-order chi connectivity index (χ0) is 21.8. The molecule has 2 nitrogen and oxygen atoms in total. The first-order valence-corrected chi connectivity index (χ1v) is 11.2. The minimum atomic E-state index is -1.04. The second kappa shape index (κ2) is 6.85. The van der Waals surface area contributed by atoms with Gasteiger partial charge in [-0.25, -0.2) is 0 Å². The van der Waals surface area contributed by atoms with Crippen LogP contribution in [-0.4, -0.2) is 5.79 Å². The fourth-order valence-corrected chi connectivity index (χ4v) is 5.01. The topological polar surface area (TPSA) is 18.5 Å². The molecule has 1 spiro atoms. The summed E-state index contributed by atoms with van der Waals surface area (Å²) in [6.45, 7) is 0. The monoisotopic (exact) mass is 424 g/mol. The quantitative estimate of drug-likeness (QED) is 0.274. The van der Waals surface area contributed by atoms with E-state index < -0.39 is 5.79 Å². The molecule has 0 amide bonds. The third kappa shape index (κ3) is 2.74. The summed E-state index contributed by atoms with van der Waals surface area (Å²) in [7, 11) is 0. The molecule has 0 saturated carbocycles. The van der Waals surface area contributed by atoms with Crippen molar-refractivity contribution in [3.8, 4) is 11.5 Å². The molecule has 0 bridgehead atoms. The molecule has 33 heavy (non-hydrogen) atoms. The Labute approximate surface area is 192 Å². The molecule has 2 aliphatic rings. The number of ether oxygens (including phenoxy) is 2. The molecule has 5 aromatic carbocycles. The van der Waals surface area contributed by atoms with Crippen molar-refractivity contribution in [3.63, 3.8) is 0 Å². The summed E-state index contributed by atoms with van der Waals surface area (Å²) in [6, 6.07) is 35.5. The van der Waals surface area contributed by atoms with Gasteiger partial charge in [0.25, 0.3) is 5.79 Å². The lowest BCUT2D eigenvalue weighted by molar-refractivity contribution is -0.0209. The zero-order valence-corrected chi connectivity index (χ0v) is 17.9. The van der Waals surface area contributed by atoms with Crippen LogP contribution in [0, 0.1) is 0 Å². The van der Waals surface area contributed by atoms with Gasteiger partial charge < -0.3 is 9.47 Å². The maximum absolute atomic E-state index is 6.73. The summed E-state index contributed by atoms with van der Waals surface area (Å²) >= 11 is 0. The van der Waals surface area contributed by atoms with E-state index in [0.717, 1.165) is 33.8 Å². The van der Waals surface area contributed by atoms with Gasteiger partial charge in [-0.2, -0.15) is 0 Å². The van der Waals surface area contributed by atoms with E-state index in [2.05, 4.69) is 103 Å². The van der Waals surface area contributed by atoms with E-state index in [1.54, 1.807) is 0 Å². The van der Waals surface area contributed by atoms with Crippen LogP contribution >= 0.6 is 0 Å². The number of rotatable bonds is 1. The zero-order valence-electron chi connectivity index (χ0n) is 17.9. The summed E-state index contributed by atoms with van der Waals surface area (Å²) in [4.78, 5) is 0. The molecule has 0 aliphatic carbocycles. The van der Waals surface area contributed by atoms with Gasteiger partial charge in [-0.1, -0.05) is 91.0 Å². The van der Waals surface area contributed by atoms with E-state index in [1.807, 2.05) is 18.2 Å². The Kier molecular flexibility index (Phi) is 3.80. The van der Waals surface area contributed by atoms with Crippen LogP contribution < -0.4 is 9.47 Å². The predicted molar refractivity (Wildman–Crippen MR) is 135 cm³/mol. The van der Waals surface area contributed by atoms with E-state index in [-0.39, 0.29) is 0 Å². The highest BCUT2D eigenvalue weighted by Crippen LogP contribution is 2.48. The standard InChI is InChI=1S/C31H20O2/c1-2-10-23(11-3-1)28-20-27-25-13-7-5-9-22(25)15-17-30(27)33-31(28)19-18-26-24-12-6-4-8-21(24)14-16-29(26)32-31/h1-20H. The molecule has 0 radical (unpaired) electrons. The summed E-state index contributed by atoms with van der Waals surface area (Å²) in [5.74, 6) is 0.608. The lowest BCUT2D eigenvalue weighted by Crippen LogP contribution is -2.44. The largest absolute Gasteiger partial charge is 0.444 e. The van der Waals surface area contributed by atoms with Gasteiger partial charge in [0, 0.05) is 22.8 Å². The molecule has 0 N–H and O–H groups in total. The molecular weight excluding hydrogens is 404 g/mol. The molecule has 2 aliphatic heterocycles. The average Bonchev–Trinajstić information content (AvgIpc) is 2.88. The first kappa shape index (κ1) is 18.3. The second-order valence-electron chi connectivity index (χ2n) is 8.53. The fraction of sp³-hybridized carbons (Fsp3) is 0.0323. The molecule has 7 rings (SSSR count). The van der Waals surface area contributed by atoms with Crippen molar-refractivity contribution in [2.24, 2.45) is 0 Å². The first-order valence-electron chi connectivity index (χ1n) is 11.2. The Balaban J connectivity index is 1.46. The van der Waals surface area contributed by atoms with Gasteiger partial charge in [0.15, 0.2) is 0 Å². The summed E-state index contributed by atoms with van der Waals surface area (Å²) in [6.07, 6.45) is 6.43. The van der Waals surface area contributed by atoms with Gasteiger partial charge in [0.05, 0.1) is 0 Å². The fourth-order valence-electron chi connectivity index (χ4n) is 5.01. The molecule has 2 heterocycles. The van der Waals surface area contributed by atoms with Crippen molar-refractivity contribution in [2.45, 2.75) is 5.79 Å². The molecule has 156 valence electrons. The van der Waals surface area contributed by atoms with E-state index in [0.29, 0.717) is 0 Å². The van der Waals surface area contributed by atoms with E-state index in [9.17, 15) is 0 Å². The van der Waals surface area contributed by atoms with Crippen LogP contribution in [0.25, 0.3) is 39.3 Å². The Hall–Kier alpha value is -4.30. The SMILES string of the molecule is C1=CC2(Oc3ccc4ccccc4c31)Oc1ccc3ccccc3c1C=C2c1ccccc1. The molecule has 0 aromatic heterocycles. The summed E-state index contributed by atoms with van der Waals surface area (Å²) < 4.78 is 13.5. The third-order valence-corrected chi connectivity index (χ3v) is 6.60. The van der Waals surface area contributed by atoms with Gasteiger partial charge in [0.1, 0.15) is 11.5 Å². The van der Waals surface area contributed by atoms with Crippen LogP contribution in [0.15, 0.2) is 109 Å². The number of benzene rings is 5. The van der Waals surface area contributed by atoms with E-state index in [1.165, 1.54) is 21.5 Å². The number of hydrogen-bond acceptors (Lipinski definition) is 2. The van der Waals surface area contributed by atoms with Crippen LogP contribution in [0.3, 0.4) is 0 Å². The van der Waals surface area contributed by atoms with Crippen LogP contribution in [0.2, 0.25) is 0 Å². The van der Waals surface area contributed by atoms with Crippen molar-refractivity contribution in [3.05, 3.63) is 126 Å². The molecule has 5 aromatic rings. The average molecular weight is 424 g/mol. The first-order chi connectivity index (χ1) is 16.3. The lowest BCUT2D eigenvalue weighted by Gasteiger charge is -2.40. The van der Waals surface area contributed by atoms with Gasteiger partial charge in [-0.15, -0.1) is 0 Å². The minimum absolute atomic E-state index is 0.822. The molecule has 0 fully saturated rings.